The molecule has 1 aliphatic heterocycles. The number of rotatable bonds is 5. The van der Waals surface area contributed by atoms with Gasteiger partial charge in [-0.15, -0.1) is 0 Å². The number of anilines is 2. The van der Waals surface area contributed by atoms with E-state index in [2.05, 4.69) is 22.3 Å². The number of amides is 1. The Balaban J connectivity index is 1.54. The lowest BCUT2D eigenvalue weighted by molar-refractivity contribution is -0.129. The molecule has 0 aromatic heterocycles. The Morgan fingerprint density at radius 3 is 2.44 bits per heavy atom. The smallest absolute Gasteiger partial charge is 0.337 e. The normalized spacial score (nSPS) is 14.0. The summed E-state index contributed by atoms with van der Waals surface area (Å²) in [7, 11) is 1.32. The van der Waals surface area contributed by atoms with Crippen LogP contribution in [0.25, 0.3) is 0 Å². The fourth-order valence-corrected chi connectivity index (χ4v) is 3.23. The van der Waals surface area contributed by atoms with Gasteiger partial charge in [0.05, 0.1) is 29.9 Å². The van der Waals surface area contributed by atoms with Crippen molar-refractivity contribution in [1.82, 2.24) is 4.90 Å². The van der Waals surface area contributed by atoms with Gasteiger partial charge in [-0.2, -0.15) is 0 Å². The lowest BCUT2D eigenvalue weighted by Gasteiger charge is -2.36. The van der Waals surface area contributed by atoms with Gasteiger partial charge >= 0.3 is 5.97 Å². The summed E-state index contributed by atoms with van der Waals surface area (Å²) in [6.07, 6.45) is 0. The first kappa shape index (κ1) is 19.0. The van der Waals surface area contributed by atoms with Gasteiger partial charge in [0, 0.05) is 31.9 Å². The first-order valence-electron chi connectivity index (χ1n) is 8.78. The van der Waals surface area contributed by atoms with E-state index in [1.165, 1.54) is 12.8 Å². The van der Waals surface area contributed by atoms with Gasteiger partial charge in [-0.25, -0.2) is 4.79 Å². The van der Waals surface area contributed by atoms with Crippen LogP contribution in [0.15, 0.2) is 48.5 Å². The fourth-order valence-electron chi connectivity index (χ4n) is 3.04. The molecule has 1 aliphatic rings. The van der Waals surface area contributed by atoms with Crippen molar-refractivity contribution in [3.8, 4) is 0 Å². The van der Waals surface area contributed by atoms with Gasteiger partial charge in [0.1, 0.15) is 0 Å². The molecule has 0 unspecified atom stereocenters. The fraction of sp³-hybridized carbons (Fsp3) is 0.300. The second-order valence-electron chi connectivity index (χ2n) is 6.24. The summed E-state index contributed by atoms with van der Waals surface area (Å²) in [5, 5.41) is 3.48. The summed E-state index contributed by atoms with van der Waals surface area (Å²) in [5.74, 6) is -0.444. The molecular formula is C20H22ClN3O3. The van der Waals surface area contributed by atoms with Crippen molar-refractivity contribution < 1.29 is 14.3 Å². The molecule has 2 aromatic carbocycles. The largest absolute Gasteiger partial charge is 0.465 e. The van der Waals surface area contributed by atoms with E-state index in [-0.39, 0.29) is 12.5 Å². The van der Waals surface area contributed by atoms with E-state index in [9.17, 15) is 9.59 Å². The molecule has 0 saturated carbocycles. The highest BCUT2D eigenvalue weighted by molar-refractivity contribution is 6.33. The Kier molecular flexibility index (Phi) is 6.19. The molecule has 0 spiro atoms. The Hall–Kier alpha value is -2.73. The topological polar surface area (TPSA) is 61.9 Å². The molecule has 1 fully saturated rings. The summed E-state index contributed by atoms with van der Waals surface area (Å²) < 4.78 is 4.71. The monoisotopic (exact) mass is 387 g/mol. The predicted molar refractivity (Wildman–Crippen MR) is 107 cm³/mol. The third-order valence-corrected chi connectivity index (χ3v) is 4.90. The first-order chi connectivity index (χ1) is 13.1. The number of benzene rings is 2. The van der Waals surface area contributed by atoms with Crippen LogP contribution in [-0.4, -0.2) is 56.6 Å². The van der Waals surface area contributed by atoms with Crippen molar-refractivity contribution in [2.75, 3.05) is 50.1 Å². The molecule has 3 rings (SSSR count). The van der Waals surface area contributed by atoms with Crippen molar-refractivity contribution in [3.05, 3.63) is 59.1 Å². The average Bonchev–Trinajstić information content (AvgIpc) is 2.73. The number of piperazine rings is 1. The van der Waals surface area contributed by atoms with Crippen LogP contribution in [0.5, 0.6) is 0 Å². The van der Waals surface area contributed by atoms with Crippen molar-refractivity contribution in [1.29, 1.82) is 0 Å². The van der Waals surface area contributed by atoms with Gasteiger partial charge in [0.15, 0.2) is 0 Å². The molecule has 1 heterocycles. The van der Waals surface area contributed by atoms with Gasteiger partial charge in [0.2, 0.25) is 5.91 Å². The second-order valence-corrected chi connectivity index (χ2v) is 6.65. The quantitative estimate of drug-likeness (QED) is 0.799. The van der Waals surface area contributed by atoms with Gasteiger partial charge in [-0.05, 0) is 30.3 Å². The number of hydrogen-bond donors (Lipinski definition) is 1. The highest BCUT2D eigenvalue weighted by Gasteiger charge is 2.21. The van der Waals surface area contributed by atoms with Crippen LogP contribution in [0, 0.1) is 0 Å². The number of ether oxygens (including phenoxy) is 1. The van der Waals surface area contributed by atoms with Crippen molar-refractivity contribution in [2.24, 2.45) is 0 Å². The summed E-state index contributed by atoms with van der Waals surface area (Å²) in [6, 6.07) is 15.0. The number of carbonyl (C=O) groups excluding carboxylic acids is 2. The van der Waals surface area contributed by atoms with E-state index in [0.29, 0.717) is 29.4 Å². The molecule has 6 nitrogen and oxygen atoms in total. The van der Waals surface area contributed by atoms with Crippen molar-refractivity contribution in [2.45, 2.75) is 0 Å². The molecule has 27 heavy (non-hydrogen) atoms. The number of esters is 1. The molecular weight excluding hydrogens is 366 g/mol. The Bertz CT molecular complexity index is 805. The maximum atomic E-state index is 12.5. The molecule has 7 heteroatoms. The lowest BCUT2D eigenvalue weighted by Crippen LogP contribution is -2.50. The van der Waals surface area contributed by atoms with E-state index < -0.39 is 5.97 Å². The highest BCUT2D eigenvalue weighted by atomic mass is 35.5. The zero-order chi connectivity index (χ0) is 19.2. The Labute approximate surface area is 163 Å². The van der Waals surface area contributed by atoms with Gasteiger partial charge < -0.3 is 19.9 Å². The van der Waals surface area contributed by atoms with Gasteiger partial charge in [-0.3, -0.25) is 4.79 Å². The van der Waals surface area contributed by atoms with Gasteiger partial charge in [0.25, 0.3) is 0 Å². The maximum Gasteiger partial charge on any atom is 0.337 e. The SMILES string of the molecule is COC(=O)c1ccc(Cl)c(NCC(=O)N2CCN(c3ccccc3)CC2)c1. The minimum atomic E-state index is -0.446. The summed E-state index contributed by atoms with van der Waals surface area (Å²) in [6.45, 7) is 3.06. The molecule has 1 amide bonds. The van der Waals surface area contributed by atoms with E-state index in [4.69, 9.17) is 16.3 Å². The molecule has 0 radical (unpaired) electrons. The van der Waals surface area contributed by atoms with E-state index in [1.807, 2.05) is 23.1 Å². The Morgan fingerprint density at radius 2 is 1.78 bits per heavy atom. The number of halogens is 1. The van der Waals surface area contributed by atoms with Crippen LogP contribution in [-0.2, 0) is 9.53 Å². The highest BCUT2D eigenvalue weighted by Crippen LogP contribution is 2.23. The molecule has 0 bridgehead atoms. The molecule has 1 saturated heterocycles. The number of methoxy groups -OCH3 is 1. The molecule has 1 N–H and O–H groups in total. The lowest BCUT2D eigenvalue weighted by atomic mass is 10.2. The number of nitrogens with one attached hydrogen (secondary N) is 1. The summed E-state index contributed by atoms with van der Waals surface area (Å²) >= 11 is 6.15. The number of para-hydroxylation sites is 1. The zero-order valence-corrected chi connectivity index (χ0v) is 15.9. The third-order valence-electron chi connectivity index (χ3n) is 4.57. The maximum absolute atomic E-state index is 12.5. The molecule has 0 atom stereocenters. The van der Waals surface area contributed by atoms with Gasteiger partial charge in [-0.1, -0.05) is 29.8 Å². The van der Waals surface area contributed by atoms with Crippen LogP contribution < -0.4 is 10.2 Å². The first-order valence-corrected chi connectivity index (χ1v) is 9.16. The zero-order valence-electron chi connectivity index (χ0n) is 15.2. The van der Waals surface area contributed by atoms with E-state index >= 15 is 0 Å². The minimum absolute atomic E-state index is 0.00208. The predicted octanol–water partition coefficient (Wildman–Crippen LogP) is 2.89. The number of hydrogen-bond acceptors (Lipinski definition) is 5. The van der Waals surface area contributed by atoms with Crippen LogP contribution in [0.1, 0.15) is 10.4 Å². The minimum Gasteiger partial charge on any atom is -0.465 e. The molecule has 142 valence electrons. The van der Waals surface area contributed by atoms with Crippen LogP contribution >= 0.6 is 11.6 Å². The summed E-state index contributed by atoms with van der Waals surface area (Å²) in [5.41, 5.74) is 2.10. The third kappa shape index (κ3) is 4.71. The van der Waals surface area contributed by atoms with Crippen LogP contribution in [0.4, 0.5) is 11.4 Å². The molecule has 2 aromatic rings. The summed E-state index contributed by atoms with van der Waals surface area (Å²) in [4.78, 5) is 28.3. The van der Waals surface area contributed by atoms with E-state index in [0.717, 1.165) is 13.1 Å². The second kappa shape index (κ2) is 8.77. The number of carbonyl (C=O) groups is 2. The average molecular weight is 388 g/mol. The van der Waals surface area contributed by atoms with E-state index in [1.54, 1.807) is 18.2 Å². The standard InChI is InChI=1S/C20H22ClN3O3/c1-27-20(26)15-7-8-17(21)18(13-15)22-14-19(25)24-11-9-23(10-12-24)16-5-3-2-4-6-16/h2-8,13,22H,9-12,14H2,1H3. The van der Waals surface area contributed by atoms with Crippen molar-refractivity contribution in [3.63, 3.8) is 0 Å². The molecule has 0 aliphatic carbocycles. The van der Waals surface area contributed by atoms with Crippen molar-refractivity contribution >= 4 is 34.9 Å². The Morgan fingerprint density at radius 1 is 1.07 bits per heavy atom. The van der Waals surface area contributed by atoms with Crippen LogP contribution in [0.2, 0.25) is 5.02 Å². The number of nitrogens with zero attached hydrogens (tertiary/aromatic N) is 2. The van der Waals surface area contributed by atoms with Crippen LogP contribution in [0.3, 0.4) is 0 Å².